The van der Waals surface area contributed by atoms with E-state index in [4.69, 9.17) is 5.73 Å². The fourth-order valence-electron chi connectivity index (χ4n) is 2.40. The van der Waals surface area contributed by atoms with Crippen LogP contribution in [0.4, 0.5) is 0 Å². The van der Waals surface area contributed by atoms with Crippen molar-refractivity contribution >= 4 is 5.91 Å². The molecule has 0 heterocycles. The Morgan fingerprint density at radius 3 is 2.00 bits per heavy atom. The lowest BCUT2D eigenvalue weighted by Crippen LogP contribution is -2.56. The third-order valence-electron chi connectivity index (χ3n) is 4.27. The predicted octanol–water partition coefficient (Wildman–Crippen LogP) is 1.81. The molecule has 0 aliphatic heterocycles. The average molecular weight is 224 g/mol. The number of hydrogen-bond donors (Lipinski definition) is 2. The molecule has 2 rings (SSSR count). The van der Waals surface area contributed by atoms with E-state index in [2.05, 4.69) is 5.32 Å². The lowest BCUT2D eigenvalue weighted by atomic mass is 9.92. The molecule has 3 nitrogen and oxygen atoms in total. The molecule has 0 aromatic heterocycles. The summed E-state index contributed by atoms with van der Waals surface area (Å²) in [6.07, 6.45) is 6.60. The fraction of sp³-hybridized carbons (Fsp3) is 0.923. The van der Waals surface area contributed by atoms with E-state index < -0.39 is 5.54 Å². The van der Waals surface area contributed by atoms with Gasteiger partial charge >= 0.3 is 0 Å². The van der Waals surface area contributed by atoms with Crippen LogP contribution in [0.15, 0.2) is 0 Å². The van der Waals surface area contributed by atoms with E-state index in [1.54, 1.807) is 0 Å². The van der Waals surface area contributed by atoms with Crippen LogP contribution in [0.5, 0.6) is 0 Å². The van der Waals surface area contributed by atoms with Gasteiger partial charge in [0.25, 0.3) is 0 Å². The van der Waals surface area contributed by atoms with Crippen molar-refractivity contribution in [3.8, 4) is 0 Å². The van der Waals surface area contributed by atoms with Crippen molar-refractivity contribution < 1.29 is 4.79 Å². The molecule has 16 heavy (non-hydrogen) atoms. The van der Waals surface area contributed by atoms with Crippen LogP contribution in [-0.4, -0.2) is 17.5 Å². The zero-order chi connectivity index (χ0) is 11.8. The first-order valence-corrected chi connectivity index (χ1v) is 6.70. The summed E-state index contributed by atoms with van der Waals surface area (Å²) in [5.41, 5.74) is 5.47. The third-order valence-corrected chi connectivity index (χ3v) is 4.27. The van der Waals surface area contributed by atoms with E-state index in [1.165, 1.54) is 25.7 Å². The number of nitrogens with two attached hydrogens (primary N) is 1. The minimum atomic E-state index is -0.651. The molecular formula is C13H24N2O. The molecule has 0 spiro atoms. The van der Waals surface area contributed by atoms with Crippen LogP contribution in [0.1, 0.15) is 52.4 Å². The van der Waals surface area contributed by atoms with Gasteiger partial charge in [0.15, 0.2) is 0 Å². The van der Waals surface area contributed by atoms with Crippen molar-refractivity contribution in [2.24, 2.45) is 17.6 Å². The highest BCUT2D eigenvalue weighted by molar-refractivity contribution is 5.86. The summed E-state index contributed by atoms with van der Waals surface area (Å²) in [5, 5.41) is 3.22. The van der Waals surface area contributed by atoms with Crippen molar-refractivity contribution in [2.45, 2.75) is 64.0 Å². The van der Waals surface area contributed by atoms with Gasteiger partial charge in [0.1, 0.15) is 0 Å². The molecule has 0 saturated heterocycles. The summed E-state index contributed by atoms with van der Waals surface area (Å²) in [4.78, 5) is 12.2. The van der Waals surface area contributed by atoms with Crippen LogP contribution >= 0.6 is 0 Å². The second-order valence-corrected chi connectivity index (χ2v) is 5.54. The Morgan fingerprint density at radius 1 is 1.25 bits per heavy atom. The minimum Gasteiger partial charge on any atom is -0.351 e. The molecule has 3 N–H and O–H groups in total. The molecule has 2 fully saturated rings. The van der Waals surface area contributed by atoms with E-state index in [1.807, 2.05) is 13.8 Å². The zero-order valence-electron chi connectivity index (χ0n) is 10.5. The number of hydrogen-bond acceptors (Lipinski definition) is 2. The maximum atomic E-state index is 12.2. The highest BCUT2D eigenvalue weighted by atomic mass is 16.2. The Labute approximate surface area is 98.2 Å². The third kappa shape index (κ3) is 2.40. The lowest BCUT2D eigenvalue weighted by molar-refractivity contribution is -0.127. The van der Waals surface area contributed by atoms with Crippen molar-refractivity contribution in [3.05, 3.63) is 0 Å². The molecule has 0 bridgehead atoms. The van der Waals surface area contributed by atoms with Crippen LogP contribution < -0.4 is 11.1 Å². The van der Waals surface area contributed by atoms with Gasteiger partial charge in [0.05, 0.1) is 5.54 Å². The van der Waals surface area contributed by atoms with E-state index in [-0.39, 0.29) is 5.91 Å². The van der Waals surface area contributed by atoms with Crippen LogP contribution in [0, 0.1) is 11.8 Å². The van der Waals surface area contributed by atoms with Crippen LogP contribution in [-0.2, 0) is 4.79 Å². The van der Waals surface area contributed by atoms with Gasteiger partial charge in [-0.3, -0.25) is 4.79 Å². The van der Waals surface area contributed by atoms with Gasteiger partial charge in [0.2, 0.25) is 5.91 Å². The topological polar surface area (TPSA) is 55.1 Å². The van der Waals surface area contributed by atoms with Crippen LogP contribution in [0.3, 0.4) is 0 Å². The van der Waals surface area contributed by atoms with E-state index in [0.717, 1.165) is 24.7 Å². The van der Waals surface area contributed by atoms with E-state index >= 15 is 0 Å². The first-order chi connectivity index (χ1) is 7.60. The Balaban J connectivity index is 1.93. The van der Waals surface area contributed by atoms with E-state index in [0.29, 0.717) is 6.04 Å². The summed E-state index contributed by atoms with van der Waals surface area (Å²) in [6.45, 7) is 3.98. The Hall–Kier alpha value is -0.570. The van der Waals surface area contributed by atoms with Gasteiger partial charge in [-0.2, -0.15) is 0 Å². The zero-order valence-corrected chi connectivity index (χ0v) is 10.5. The standard InChI is InChI=1S/C13H24N2O/c1-3-13(14,4-2)12(16)15-11(9-5-6-9)10-7-8-10/h9-11H,3-8,14H2,1-2H3,(H,15,16). The SMILES string of the molecule is CCC(N)(CC)C(=O)NC(C1CC1)C1CC1. The summed E-state index contributed by atoms with van der Waals surface area (Å²) in [7, 11) is 0. The molecule has 0 unspecified atom stereocenters. The molecule has 2 aliphatic carbocycles. The fourth-order valence-corrected chi connectivity index (χ4v) is 2.40. The Bertz CT molecular complexity index is 253. The van der Waals surface area contributed by atoms with Crippen molar-refractivity contribution in [1.82, 2.24) is 5.32 Å². The lowest BCUT2D eigenvalue weighted by Gasteiger charge is -2.28. The second kappa shape index (κ2) is 4.36. The number of rotatable bonds is 6. The van der Waals surface area contributed by atoms with Crippen molar-refractivity contribution in [1.29, 1.82) is 0 Å². The second-order valence-electron chi connectivity index (χ2n) is 5.54. The number of nitrogens with one attached hydrogen (secondary N) is 1. The largest absolute Gasteiger partial charge is 0.351 e. The molecular weight excluding hydrogens is 200 g/mol. The van der Waals surface area contributed by atoms with Gasteiger partial charge < -0.3 is 11.1 Å². The Morgan fingerprint density at radius 2 is 1.69 bits per heavy atom. The number of amides is 1. The van der Waals surface area contributed by atoms with Crippen molar-refractivity contribution in [3.63, 3.8) is 0 Å². The smallest absolute Gasteiger partial charge is 0.240 e. The molecule has 92 valence electrons. The minimum absolute atomic E-state index is 0.0706. The van der Waals surface area contributed by atoms with Crippen LogP contribution in [0.2, 0.25) is 0 Å². The normalized spacial score (nSPS) is 21.2. The molecule has 0 radical (unpaired) electrons. The molecule has 2 aliphatic rings. The number of carbonyl (C=O) groups excluding carboxylic acids is 1. The quantitative estimate of drug-likeness (QED) is 0.723. The first kappa shape index (κ1) is 11.9. The molecule has 1 amide bonds. The van der Waals surface area contributed by atoms with Gasteiger partial charge in [0, 0.05) is 6.04 Å². The summed E-state index contributed by atoms with van der Waals surface area (Å²) in [5.74, 6) is 1.56. The molecule has 0 aromatic carbocycles. The maximum absolute atomic E-state index is 12.2. The monoisotopic (exact) mass is 224 g/mol. The number of carbonyl (C=O) groups is 1. The van der Waals surface area contributed by atoms with Crippen LogP contribution in [0.25, 0.3) is 0 Å². The van der Waals surface area contributed by atoms with Gasteiger partial charge in [-0.15, -0.1) is 0 Å². The summed E-state index contributed by atoms with van der Waals surface area (Å²) >= 11 is 0. The van der Waals surface area contributed by atoms with Gasteiger partial charge in [-0.1, -0.05) is 13.8 Å². The summed E-state index contributed by atoms with van der Waals surface area (Å²) < 4.78 is 0. The van der Waals surface area contributed by atoms with Crippen molar-refractivity contribution in [2.75, 3.05) is 0 Å². The maximum Gasteiger partial charge on any atom is 0.240 e. The van der Waals surface area contributed by atoms with Gasteiger partial charge in [-0.05, 0) is 50.4 Å². The summed E-state index contributed by atoms with van der Waals surface area (Å²) in [6, 6.07) is 0.425. The first-order valence-electron chi connectivity index (χ1n) is 6.70. The average Bonchev–Trinajstić information content (AvgIpc) is 3.17. The highest BCUT2D eigenvalue weighted by Crippen LogP contribution is 2.44. The molecule has 3 heteroatoms. The molecule has 0 atom stereocenters. The Kier molecular flexibility index (Phi) is 3.24. The molecule has 2 saturated carbocycles. The van der Waals surface area contributed by atoms with Gasteiger partial charge in [-0.25, -0.2) is 0 Å². The predicted molar refractivity (Wildman–Crippen MR) is 64.9 cm³/mol. The molecule has 0 aromatic rings. The highest BCUT2D eigenvalue weighted by Gasteiger charge is 2.44. The van der Waals surface area contributed by atoms with E-state index in [9.17, 15) is 4.79 Å².